The number of rotatable bonds is 5. The molecule has 0 aromatic heterocycles. The Morgan fingerprint density at radius 1 is 1.00 bits per heavy atom. The van der Waals surface area contributed by atoms with Crippen LogP contribution in [0, 0.1) is 12.7 Å². The number of carbonyl (C=O) groups excluding carboxylic acids is 1. The molecule has 5 nitrogen and oxygen atoms in total. The summed E-state index contributed by atoms with van der Waals surface area (Å²) in [4.78, 5) is 12.5. The summed E-state index contributed by atoms with van der Waals surface area (Å²) in [6.45, 7) is 1.71. The van der Waals surface area contributed by atoms with E-state index < -0.39 is 21.7 Å². The van der Waals surface area contributed by atoms with Crippen molar-refractivity contribution in [1.29, 1.82) is 0 Å². The second-order valence-corrected chi connectivity index (χ2v) is 8.62. The van der Waals surface area contributed by atoms with E-state index >= 15 is 0 Å². The summed E-state index contributed by atoms with van der Waals surface area (Å²) in [6.07, 6.45) is 0. The number of aryl methyl sites for hydroxylation is 1. The number of hydrogen-bond donors (Lipinski definition) is 2. The van der Waals surface area contributed by atoms with Crippen molar-refractivity contribution in [3.63, 3.8) is 0 Å². The highest BCUT2D eigenvalue weighted by Gasteiger charge is 2.19. The van der Waals surface area contributed by atoms with Gasteiger partial charge in [-0.15, -0.1) is 0 Å². The van der Waals surface area contributed by atoms with Crippen LogP contribution in [0.1, 0.15) is 15.9 Å². The molecule has 0 aliphatic heterocycles. The third kappa shape index (κ3) is 4.58. The molecule has 0 bridgehead atoms. The molecule has 28 heavy (non-hydrogen) atoms. The molecule has 0 heterocycles. The van der Waals surface area contributed by atoms with E-state index in [2.05, 4.69) is 26.0 Å². The van der Waals surface area contributed by atoms with Crippen LogP contribution in [0.2, 0.25) is 0 Å². The van der Waals surface area contributed by atoms with Gasteiger partial charge in [0.05, 0.1) is 10.6 Å². The van der Waals surface area contributed by atoms with Crippen LogP contribution in [0.25, 0.3) is 0 Å². The quantitative estimate of drug-likeness (QED) is 0.563. The molecule has 3 aromatic carbocycles. The van der Waals surface area contributed by atoms with Crippen LogP contribution < -0.4 is 10.0 Å². The minimum atomic E-state index is -4.06. The van der Waals surface area contributed by atoms with Crippen LogP contribution in [0.5, 0.6) is 0 Å². The van der Waals surface area contributed by atoms with Gasteiger partial charge in [0.2, 0.25) is 0 Å². The zero-order valence-electron chi connectivity index (χ0n) is 14.7. The van der Waals surface area contributed by atoms with Gasteiger partial charge in [-0.05, 0) is 61.0 Å². The zero-order chi connectivity index (χ0) is 20.3. The summed E-state index contributed by atoms with van der Waals surface area (Å²) in [5.74, 6) is -1.13. The van der Waals surface area contributed by atoms with E-state index in [0.29, 0.717) is 11.3 Å². The van der Waals surface area contributed by atoms with Crippen molar-refractivity contribution in [1.82, 2.24) is 0 Å². The maximum absolute atomic E-state index is 13.8. The summed E-state index contributed by atoms with van der Waals surface area (Å²) in [6, 6.07) is 16.6. The molecule has 1 amide bonds. The van der Waals surface area contributed by atoms with Crippen LogP contribution in [0.3, 0.4) is 0 Å². The Bertz CT molecular complexity index is 1130. The maximum atomic E-state index is 13.8. The molecule has 3 rings (SSSR count). The Morgan fingerprint density at radius 3 is 2.36 bits per heavy atom. The van der Waals surface area contributed by atoms with Crippen LogP contribution in [0.15, 0.2) is 76.1 Å². The minimum absolute atomic E-state index is 0.137. The van der Waals surface area contributed by atoms with Gasteiger partial charge < -0.3 is 5.32 Å². The van der Waals surface area contributed by atoms with Crippen molar-refractivity contribution < 1.29 is 17.6 Å². The van der Waals surface area contributed by atoms with Gasteiger partial charge in [0.25, 0.3) is 15.9 Å². The normalized spacial score (nSPS) is 11.1. The average Bonchev–Trinajstić information content (AvgIpc) is 2.65. The fraction of sp³-hybridized carbons (Fsp3) is 0.0500. The number of hydrogen-bond acceptors (Lipinski definition) is 3. The first-order chi connectivity index (χ1) is 13.3. The molecule has 144 valence electrons. The number of para-hydroxylation sites is 1. The summed E-state index contributed by atoms with van der Waals surface area (Å²) in [5, 5.41) is 2.73. The molecule has 0 saturated carbocycles. The predicted molar refractivity (Wildman–Crippen MR) is 110 cm³/mol. The molecule has 0 atom stereocenters. The van der Waals surface area contributed by atoms with E-state index in [1.807, 2.05) is 0 Å². The molecule has 8 heteroatoms. The van der Waals surface area contributed by atoms with Gasteiger partial charge in [-0.2, -0.15) is 0 Å². The SMILES string of the molecule is Cc1ccc(S(=O)(=O)Nc2ccccc2F)cc1C(=O)Nc1ccc(Br)cc1. The van der Waals surface area contributed by atoms with E-state index in [9.17, 15) is 17.6 Å². The zero-order valence-corrected chi connectivity index (χ0v) is 17.1. The molecule has 2 N–H and O–H groups in total. The van der Waals surface area contributed by atoms with Crippen molar-refractivity contribution in [2.45, 2.75) is 11.8 Å². The molecular formula is C20H16BrFN2O3S. The van der Waals surface area contributed by atoms with Crippen molar-refractivity contribution in [2.24, 2.45) is 0 Å². The van der Waals surface area contributed by atoms with Gasteiger partial charge in [-0.25, -0.2) is 12.8 Å². The van der Waals surface area contributed by atoms with Crippen molar-refractivity contribution in [3.8, 4) is 0 Å². The third-order valence-electron chi connectivity index (χ3n) is 3.98. The van der Waals surface area contributed by atoms with E-state index in [4.69, 9.17) is 0 Å². The summed E-state index contributed by atoms with van der Waals surface area (Å²) < 4.78 is 42.1. The van der Waals surface area contributed by atoms with Crippen molar-refractivity contribution >= 4 is 43.2 Å². The highest BCUT2D eigenvalue weighted by atomic mass is 79.9. The van der Waals surface area contributed by atoms with Gasteiger partial charge in [-0.3, -0.25) is 9.52 Å². The monoisotopic (exact) mass is 462 g/mol. The van der Waals surface area contributed by atoms with Crippen LogP contribution in [-0.4, -0.2) is 14.3 Å². The van der Waals surface area contributed by atoms with E-state index in [1.54, 1.807) is 31.2 Å². The van der Waals surface area contributed by atoms with E-state index in [-0.39, 0.29) is 16.1 Å². The van der Waals surface area contributed by atoms with Crippen molar-refractivity contribution in [3.05, 3.63) is 88.1 Å². The van der Waals surface area contributed by atoms with Gasteiger partial charge in [-0.1, -0.05) is 34.1 Å². The topological polar surface area (TPSA) is 75.3 Å². The first-order valence-electron chi connectivity index (χ1n) is 8.21. The molecule has 0 unspecified atom stereocenters. The molecule has 0 radical (unpaired) electrons. The smallest absolute Gasteiger partial charge is 0.262 e. The summed E-state index contributed by atoms with van der Waals surface area (Å²) >= 11 is 3.32. The predicted octanol–water partition coefficient (Wildman–Crippen LogP) is 4.95. The first kappa shape index (κ1) is 20.0. The maximum Gasteiger partial charge on any atom is 0.262 e. The minimum Gasteiger partial charge on any atom is -0.322 e. The Morgan fingerprint density at radius 2 is 1.68 bits per heavy atom. The average molecular weight is 463 g/mol. The van der Waals surface area contributed by atoms with E-state index in [0.717, 1.165) is 10.5 Å². The molecule has 0 spiro atoms. The Labute approximate surface area is 170 Å². The van der Waals surface area contributed by atoms with Crippen LogP contribution >= 0.6 is 15.9 Å². The van der Waals surface area contributed by atoms with E-state index in [1.165, 1.54) is 36.4 Å². The number of halogens is 2. The molecule has 0 fully saturated rings. The Balaban J connectivity index is 1.89. The van der Waals surface area contributed by atoms with Crippen molar-refractivity contribution in [2.75, 3.05) is 10.0 Å². The Hall–Kier alpha value is -2.71. The molecule has 0 saturated heterocycles. The fourth-order valence-corrected chi connectivity index (χ4v) is 3.85. The standard InChI is InChI=1S/C20H16BrFN2O3S/c1-13-6-11-16(28(26,27)24-19-5-3-2-4-18(19)22)12-17(13)20(25)23-15-9-7-14(21)8-10-15/h2-12,24H,1H3,(H,23,25). The number of sulfonamides is 1. The summed E-state index contributed by atoms with van der Waals surface area (Å²) in [7, 11) is -4.06. The molecule has 3 aromatic rings. The van der Waals surface area contributed by atoms with Gasteiger partial charge in [0, 0.05) is 15.7 Å². The Kier molecular flexibility index (Phi) is 5.81. The highest BCUT2D eigenvalue weighted by molar-refractivity contribution is 9.10. The molecule has 0 aliphatic rings. The number of anilines is 2. The van der Waals surface area contributed by atoms with Gasteiger partial charge >= 0.3 is 0 Å². The van der Waals surface area contributed by atoms with Gasteiger partial charge in [0.1, 0.15) is 5.82 Å². The number of benzene rings is 3. The molecular weight excluding hydrogens is 447 g/mol. The van der Waals surface area contributed by atoms with Crippen LogP contribution in [0.4, 0.5) is 15.8 Å². The third-order valence-corrected chi connectivity index (χ3v) is 5.88. The lowest BCUT2D eigenvalue weighted by Gasteiger charge is -2.12. The van der Waals surface area contributed by atoms with Crippen LogP contribution in [-0.2, 0) is 10.0 Å². The first-order valence-corrected chi connectivity index (χ1v) is 10.5. The fourth-order valence-electron chi connectivity index (χ4n) is 2.49. The summed E-state index contributed by atoms with van der Waals surface area (Å²) in [5.41, 5.74) is 1.23. The van der Waals surface area contributed by atoms with Gasteiger partial charge in [0.15, 0.2) is 0 Å². The number of amides is 1. The lowest BCUT2D eigenvalue weighted by Crippen LogP contribution is -2.17. The molecule has 0 aliphatic carbocycles. The number of carbonyl (C=O) groups is 1. The largest absolute Gasteiger partial charge is 0.322 e. The lowest BCUT2D eigenvalue weighted by atomic mass is 10.1. The second kappa shape index (κ2) is 8.12. The number of nitrogens with one attached hydrogen (secondary N) is 2. The lowest BCUT2D eigenvalue weighted by molar-refractivity contribution is 0.102. The second-order valence-electron chi connectivity index (χ2n) is 6.02. The highest BCUT2D eigenvalue weighted by Crippen LogP contribution is 2.22.